The second kappa shape index (κ2) is 14.1. The van der Waals surface area contributed by atoms with Gasteiger partial charge in [0, 0.05) is 58.5 Å². The summed E-state index contributed by atoms with van der Waals surface area (Å²) in [6.07, 6.45) is 3.37. The lowest BCUT2D eigenvalue weighted by atomic mass is 9.95. The summed E-state index contributed by atoms with van der Waals surface area (Å²) >= 11 is 7.53. The van der Waals surface area contributed by atoms with Gasteiger partial charge >= 0.3 is 5.97 Å². The van der Waals surface area contributed by atoms with Crippen molar-refractivity contribution >= 4 is 40.7 Å². The third kappa shape index (κ3) is 7.61. The summed E-state index contributed by atoms with van der Waals surface area (Å²) in [7, 11) is 0. The van der Waals surface area contributed by atoms with Gasteiger partial charge in [0.25, 0.3) is 5.91 Å². The van der Waals surface area contributed by atoms with Gasteiger partial charge in [-0.3, -0.25) is 14.4 Å². The van der Waals surface area contributed by atoms with Gasteiger partial charge in [-0.1, -0.05) is 74.8 Å². The molecule has 1 aliphatic heterocycles. The number of thiophene rings is 1. The molecule has 8 nitrogen and oxygen atoms in total. The van der Waals surface area contributed by atoms with Crippen LogP contribution in [-0.4, -0.2) is 56.9 Å². The number of carboxylic acids is 1. The van der Waals surface area contributed by atoms with Gasteiger partial charge in [0.05, 0.1) is 10.8 Å². The number of carbonyl (C=O) groups excluding carboxylic acids is 2. The molecule has 5 aromatic rings. The van der Waals surface area contributed by atoms with Crippen molar-refractivity contribution in [2.45, 2.75) is 45.6 Å². The first-order valence-corrected chi connectivity index (χ1v) is 17.4. The van der Waals surface area contributed by atoms with Gasteiger partial charge in [0.1, 0.15) is 11.9 Å². The molecule has 2 aromatic heterocycles. The molecule has 0 spiro atoms. The Labute approximate surface area is 299 Å². The fourth-order valence-corrected chi connectivity index (χ4v) is 6.81. The van der Waals surface area contributed by atoms with Crippen LogP contribution in [0.2, 0.25) is 5.02 Å². The lowest BCUT2D eigenvalue weighted by molar-refractivity contribution is -0.153. The number of hydrogen-bond acceptors (Lipinski definition) is 6. The summed E-state index contributed by atoms with van der Waals surface area (Å²) in [4.78, 5) is 50.1. The molecule has 11 heteroatoms. The highest BCUT2D eigenvalue weighted by atomic mass is 35.5. The van der Waals surface area contributed by atoms with Gasteiger partial charge < -0.3 is 15.3 Å². The average Bonchev–Trinajstić information content (AvgIpc) is 3.57. The Balaban J connectivity index is 1.16. The van der Waals surface area contributed by atoms with Gasteiger partial charge in [0.2, 0.25) is 5.91 Å². The number of carbonyl (C=O) groups is 3. The summed E-state index contributed by atoms with van der Waals surface area (Å²) in [5.41, 5.74) is 4.84. The fourth-order valence-electron chi connectivity index (χ4n) is 5.72. The lowest BCUT2D eigenvalue weighted by Crippen LogP contribution is -2.59. The third-order valence-corrected chi connectivity index (χ3v) is 10.7. The fraction of sp³-hybridized carbons (Fsp3) is 0.256. The first-order valence-electron chi connectivity index (χ1n) is 16.2. The molecular formula is C39H36ClFN4O4S. The molecular weight excluding hydrogens is 675 g/mol. The van der Waals surface area contributed by atoms with E-state index in [4.69, 9.17) is 11.6 Å². The maximum absolute atomic E-state index is 15.2. The van der Waals surface area contributed by atoms with Crippen molar-refractivity contribution < 1.29 is 23.9 Å². The molecule has 0 saturated carbocycles. The molecule has 0 unspecified atom stereocenters. The largest absolute Gasteiger partial charge is 0.481 e. The van der Waals surface area contributed by atoms with E-state index in [1.807, 2.05) is 55.5 Å². The van der Waals surface area contributed by atoms with Crippen molar-refractivity contribution in [3.8, 4) is 33.6 Å². The van der Waals surface area contributed by atoms with Crippen molar-refractivity contribution in [1.29, 1.82) is 0 Å². The molecule has 2 amide bonds. The summed E-state index contributed by atoms with van der Waals surface area (Å²) < 4.78 is 15.2. The molecule has 3 heterocycles. The Kier molecular flexibility index (Phi) is 9.87. The number of halogens is 2. The maximum Gasteiger partial charge on any atom is 0.310 e. The van der Waals surface area contributed by atoms with Gasteiger partial charge in [-0.15, -0.1) is 11.3 Å². The molecule has 1 aliphatic rings. The van der Waals surface area contributed by atoms with Gasteiger partial charge in [-0.05, 0) is 64.9 Å². The number of likely N-dealkylation sites (tertiary alicyclic amines) is 1. The first-order chi connectivity index (χ1) is 23.8. The Morgan fingerprint density at radius 2 is 1.58 bits per heavy atom. The molecule has 1 saturated heterocycles. The zero-order valence-electron chi connectivity index (χ0n) is 28.0. The Morgan fingerprint density at radius 1 is 0.940 bits per heavy atom. The van der Waals surface area contributed by atoms with Crippen LogP contribution < -0.4 is 5.32 Å². The van der Waals surface area contributed by atoms with E-state index in [-0.39, 0.29) is 36.7 Å². The number of nitrogens with zero attached hydrogens (tertiary/aromatic N) is 3. The molecule has 3 aromatic carbocycles. The molecule has 2 N–H and O–H groups in total. The minimum Gasteiger partial charge on any atom is -0.481 e. The molecule has 6 rings (SSSR count). The van der Waals surface area contributed by atoms with Gasteiger partial charge in [-0.25, -0.2) is 14.4 Å². The minimum absolute atomic E-state index is 0.107. The van der Waals surface area contributed by atoms with Crippen LogP contribution in [0.25, 0.3) is 33.6 Å². The van der Waals surface area contributed by atoms with Gasteiger partial charge in [0.15, 0.2) is 5.82 Å². The molecule has 1 fully saturated rings. The number of rotatable bonds is 9. The number of nitrogens with one attached hydrogen (secondary N) is 1. The smallest absolute Gasteiger partial charge is 0.310 e. The summed E-state index contributed by atoms with van der Waals surface area (Å²) in [6, 6.07) is 20.8. The van der Waals surface area contributed by atoms with Crippen LogP contribution in [0.4, 0.5) is 4.39 Å². The van der Waals surface area contributed by atoms with E-state index < -0.39 is 23.7 Å². The number of amides is 2. The SMILES string of the molecule is Cc1cc(-c2ccc(-c3cnc(-c4ccc(C[C@H](NC(=O)c5ccc(C(C)(C)C)s5)C(=O)N5CC(C(=O)O)C5)cc4)nc3)c(F)c2)ccc1Cl. The number of aryl methyl sites for hydroxylation is 1. The highest BCUT2D eigenvalue weighted by Crippen LogP contribution is 2.31. The van der Waals surface area contributed by atoms with E-state index in [1.54, 1.807) is 30.6 Å². The van der Waals surface area contributed by atoms with E-state index in [0.717, 1.165) is 32.7 Å². The van der Waals surface area contributed by atoms with Crippen LogP contribution in [0.3, 0.4) is 0 Å². The van der Waals surface area contributed by atoms with E-state index in [1.165, 1.54) is 22.3 Å². The average molecular weight is 711 g/mol. The standard InChI is InChI=1S/C39H36ClFN4O4S/c1-22-15-25(10-12-30(22)40)26-9-11-29(31(41)17-26)27-18-42-35(43-19-27)24-7-5-23(6-8-24)16-32(37(47)45-20-28(21-45)38(48)49)44-36(46)33-13-14-34(50-33)39(2,3)4/h5-15,17-19,28,32H,16,20-21H2,1-4H3,(H,44,46)(H,48,49)/t32-/m0/s1. The number of aliphatic carboxylic acids is 1. The maximum atomic E-state index is 15.2. The van der Waals surface area contributed by atoms with Crippen molar-refractivity contribution in [2.75, 3.05) is 13.1 Å². The number of carboxylic acid groups (broad SMARTS) is 1. The molecule has 0 bridgehead atoms. The monoisotopic (exact) mass is 710 g/mol. The zero-order chi connectivity index (χ0) is 35.7. The summed E-state index contributed by atoms with van der Waals surface area (Å²) in [5, 5.41) is 12.9. The normalized spacial score (nSPS) is 13.8. The van der Waals surface area contributed by atoms with Crippen LogP contribution in [0.5, 0.6) is 0 Å². The second-order valence-corrected chi connectivity index (χ2v) is 15.1. The number of aromatic nitrogens is 2. The van der Waals surface area contributed by atoms with E-state index >= 15 is 4.39 Å². The second-order valence-electron chi connectivity index (χ2n) is 13.6. The van der Waals surface area contributed by atoms with E-state index in [9.17, 15) is 19.5 Å². The first kappa shape index (κ1) is 34.9. The zero-order valence-corrected chi connectivity index (χ0v) is 29.6. The predicted molar refractivity (Wildman–Crippen MR) is 194 cm³/mol. The van der Waals surface area contributed by atoms with Crippen LogP contribution in [0.15, 0.2) is 85.2 Å². The topological polar surface area (TPSA) is 112 Å². The summed E-state index contributed by atoms with van der Waals surface area (Å²) in [5.74, 6) is -2.17. The predicted octanol–water partition coefficient (Wildman–Crippen LogP) is 7.82. The Morgan fingerprint density at radius 3 is 2.18 bits per heavy atom. The van der Waals surface area contributed by atoms with Crippen LogP contribution in [0, 0.1) is 18.7 Å². The quantitative estimate of drug-likeness (QED) is 0.161. The van der Waals surface area contributed by atoms with Crippen LogP contribution >= 0.6 is 22.9 Å². The molecule has 0 radical (unpaired) electrons. The van der Waals surface area contributed by atoms with Gasteiger partial charge in [-0.2, -0.15) is 0 Å². The van der Waals surface area contributed by atoms with Crippen molar-refractivity contribution in [1.82, 2.24) is 20.2 Å². The third-order valence-electron chi connectivity index (χ3n) is 8.79. The van der Waals surface area contributed by atoms with Crippen LogP contribution in [0.1, 0.15) is 46.4 Å². The number of hydrogen-bond donors (Lipinski definition) is 2. The summed E-state index contributed by atoms with van der Waals surface area (Å²) in [6.45, 7) is 8.33. The minimum atomic E-state index is -0.943. The lowest BCUT2D eigenvalue weighted by Gasteiger charge is -2.38. The molecule has 1 atom stereocenters. The molecule has 50 heavy (non-hydrogen) atoms. The van der Waals surface area contributed by atoms with E-state index in [0.29, 0.717) is 26.9 Å². The highest BCUT2D eigenvalue weighted by molar-refractivity contribution is 7.14. The number of benzene rings is 3. The Hall–Kier alpha value is -4.93. The van der Waals surface area contributed by atoms with Crippen molar-refractivity contribution in [3.05, 3.63) is 117 Å². The van der Waals surface area contributed by atoms with Crippen molar-refractivity contribution in [2.24, 2.45) is 5.92 Å². The van der Waals surface area contributed by atoms with E-state index in [2.05, 4.69) is 36.1 Å². The Bertz CT molecular complexity index is 2070. The van der Waals surface area contributed by atoms with Crippen molar-refractivity contribution in [3.63, 3.8) is 0 Å². The highest BCUT2D eigenvalue weighted by Gasteiger charge is 2.39. The van der Waals surface area contributed by atoms with Crippen LogP contribution in [-0.2, 0) is 21.4 Å². The molecule has 256 valence electrons. The molecule has 0 aliphatic carbocycles.